The molecule has 1 saturated carbocycles. The van der Waals surface area contributed by atoms with Crippen LogP contribution in [-0.2, 0) is 0 Å². The van der Waals surface area contributed by atoms with Crippen LogP contribution in [0.3, 0.4) is 0 Å². The molecule has 0 bridgehead atoms. The number of rotatable bonds is 3. The van der Waals surface area contributed by atoms with Crippen molar-refractivity contribution < 1.29 is 0 Å². The predicted octanol–water partition coefficient (Wildman–Crippen LogP) is 4.42. The van der Waals surface area contributed by atoms with Crippen molar-refractivity contribution in [3.63, 3.8) is 0 Å². The predicted molar refractivity (Wildman–Crippen MR) is 59.7 cm³/mol. The fourth-order valence-corrected chi connectivity index (χ4v) is 2.70. The second kappa shape index (κ2) is 5.47. The van der Waals surface area contributed by atoms with E-state index < -0.39 is 0 Å². The summed E-state index contributed by atoms with van der Waals surface area (Å²) in [4.78, 5) is 0. The van der Waals surface area contributed by atoms with Crippen molar-refractivity contribution in [2.45, 2.75) is 52.9 Å². The van der Waals surface area contributed by atoms with Crippen LogP contribution in [0.5, 0.6) is 0 Å². The van der Waals surface area contributed by atoms with Gasteiger partial charge in [0.2, 0.25) is 0 Å². The van der Waals surface area contributed by atoms with Gasteiger partial charge in [-0.3, -0.25) is 0 Å². The molecule has 0 spiro atoms. The van der Waals surface area contributed by atoms with Gasteiger partial charge in [-0.1, -0.05) is 38.8 Å². The molecule has 1 aliphatic carbocycles. The fraction of sp³-hybridized carbons (Fsp3) is 0.846. The molecular weight excluding hydrogens is 156 g/mol. The molecule has 0 radical (unpaired) electrons. The van der Waals surface area contributed by atoms with Crippen LogP contribution >= 0.6 is 0 Å². The Labute approximate surface area is 83.4 Å². The third-order valence-electron chi connectivity index (χ3n) is 3.60. The SMILES string of the molecule is C/C=C/CC1CC(C)CCC1CC. The van der Waals surface area contributed by atoms with E-state index in [0.717, 1.165) is 17.8 Å². The van der Waals surface area contributed by atoms with Crippen LogP contribution < -0.4 is 0 Å². The smallest absolute Gasteiger partial charge is 0.0320 e. The van der Waals surface area contributed by atoms with Crippen molar-refractivity contribution >= 4 is 0 Å². The van der Waals surface area contributed by atoms with E-state index in [1.54, 1.807) is 0 Å². The monoisotopic (exact) mass is 180 g/mol. The van der Waals surface area contributed by atoms with Gasteiger partial charge in [-0.2, -0.15) is 0 Å². The van der Waals surface area contributed by atoms with E-state index in [0.29, 0.717) is 0 Å². The van der Waals surface area contributed by atoms with Crippen LogP contribution in [0.2, 0.25) is 0 Å². The van der Waals surface area contributed by atoms with Crippen molar-refractivity contribution in [3.05, 3.63) is 12.2 Å². The summed E-state index contributed by atoms with van der Waals surface area (Å²) in [7, 11) is 0. The Balaban J connectivity index is 2.44. The first-order valence-corrected chi connectivity index (χ1v) is 5.89. The summed E-state index contributed by atoms with van der Waals surface area (Å²) in [6.07, 6.45) is 11.7. The average Bonchev–Trinajstić information content (AvgIpc) is 2.15. The minimum Gasteiger partial charge on any atom is -0.0917 e. The molecule has 0 N–H and O–H groups in total. The summed E-state index contributed by atoms with van der Waals surface area (Å²) >= 11 is 0. The highest BCUT2D eigenvalue weighted by Crippen LogP contribution is 2.37. The molecule has 76 valence electrons. The van der Waals surface area contributed by atoms with Gasteiger partial charge in [0.05, 0.1) is 0 Å². The second-order valence-corrected chi connectivity index (χ2v) is 4.65. The topological polar surface area (TPSA) is 0 Å². The summed E-state index contributed by atoms with van der Waals surface area (Å²) in [5.41, 5.74) is 0. The molecule has 0 aromatic heterocycles. The lowest BCUT2D eigenvalue weighted by Crippen LogP contribution is -2.22. The molecule has 0 aromatic carbocycles. The van der Waals surface area contributed by atoms with Crippen LogP contribution in [0.4, 0.5) is 0 Å². The minimum absolute atomic E-state index is 0.970. The molecular formula is C13H24. The first-order valence-electron chi connectivity index (χ1n) is 5.89. The first-order chi connectivity index (χ1) is 6.27. The molecule has 3 unspecified atom stereocenters. The lowest BCUT2D eigenvalue weighted by atomic mass is 9.72. The Morgan fingerprint density at radius 1 is 1.23 bits per heavy atom. The first kappa shape index (κ1) is 10.8. The highest BCUT2D eigenvalue weighted by Gasteiger charge is 2.25. The Kier molecular flexibility index (Phi) is 4.55. The molecule has 1 fully saturated rings. The highest BCUT2D eigenvalue weighted by atomic mass is 14.3. The van der Waals surface area contributed by atoms with E-state index in [4.69, 9.17) is 0 Å². The van der Waals surface area contributed by atoms with Gasteiger partial charge in [-0.15, -0.1) is 0 Å². The Bertz CT molecular complexity index is 157. The van der Waals surface area contributed by atoms with Gasteiger partial charge in [0.1, 0.15) is 0 Å². The summed E-state index contributed by atoms with van der Waals surface area (Å²) in [5.74, 6) is 2.95. The molecule has 0 heterocycles. The van der Waals surface area contributed by atoms with Gasteiger partial charge in [0.25, 0.3) is 0 Å². The van der Waals surface area contributed by atoms with E-state index in [9.17, 15) is 0 Å². The lowest BCUT2D eigenvalue weighted by Gasteiger charge is -2.33. The van der Waals surface area contributed by atoms with Gasteiger partial charge >= 0.3 is 0 Å². The zero-order valence-electron chi connectivity index (χ0n) is 9.42. The van der Waals surface area contributed by atoms with E-state index in [2.05, 4.69) is 32.9 Å². The molecule has 13 heavy (non-hydrogen) atoms. The molecule has 1 rings (SSSR count). The molecule has 0 nitrogen and oxygen atoms in total. The number of allylic oxidation sites excluding steroid dienone is 2. The van der Waals surface area contributed by atoms with Crippen LogP contribution in [-0.4, -0.2) is 0 Å². The normalized spacial score (nSPS) is 35.5. The van der Waals surface area contributed by atoms with Gasteiger partial charge < -0.3 is 0 Å². The fourth-order valence-electron chi connectivity index (χ4n) is 2.70. The molecule has 0 amide bonds. The lowest BCUT2D eigenvalue weighted by molar-refractivity contribution is 0.185. The van der Waals surface area contributed by atoms with Crippen molar-refractivity contribution in [3.8, 4) is 0 Å². The van der Waals surface area contributed by atoms with Gasteiger partial charge in [-0.25, -0.2) is 0 Å². The quantitative estimate of drug-likeness (QED) is 0.564. The molecule has 3 atom stereocenters. The van der Waals surface area contributed by atoms with Crippen LogP contribution in [0.1, 0.15) is 52.9 Å². The molecule has 0 aliphatic heterocycles. The zero-order chi connectivity index (χ0) is 9.68. The van der Waals surface area contributed by atoms with Gasteiger partial charge in [-0.05, 0) is 43.9 Å². The van der Waals surface area contributed by atoms with Crippen molar-refractivity contribution in [1.29, 1.82) is 0 Å². The number of hydrogen-bond donors (Lipinski definition) is 0. The van der Waals surface area contributed by atoms with Crippen LogP contribution in [0.15, 0.2) is 12.2 Å². The highest BCUT2D eigenvalue weighted by molar-refractivity contribution is 4.86. The Morgan fingerprint density at radius 2 is 2.00 bits per heavy atom. The standard InChI is InChI=1S/C13H24/c1-4-6-7-13-10-11(3)8-9-12(13)5-2/h4,6,11-13H,5,7-10H2,1-3H3/b6-4+. The van der Waals surface area contributed by atoms with E-state index >= 15 is 0 Å². The van der Waals surface area contributed by atoms with Crippen LogP contribution in [0.25, 0.3) is 0 Å². The minimum atomic E-state index is 0.970. The summed E-state index contributed by atoms with van der Waals surface area (Å²) < 4.78 is 0. The van der Waals surface area contributed by atoms with E-state index in [1.807, 2.05) is 0 Å². The Hall–Kier alpha value is -0.260. The summed E-state index contributed by atoms with van der Waals surface area (Å²) in [6, 6.07) is 0. The maximum absolute atomic E-state index is 2.41. The Morgan fingerprint density at radius 3 is 2.62 bits per heavy atom. The maximum Gasteiger partial charge on any atom is -0.0320 e. The molecule has 1 aliphatic rings. The largest absolute Gasteiger partial charge is 0.0917 e. The second-order valence-electron chi connectivity index (χ2n) is 4.65. The van der Waals surface area contributed by atoms with Gasteiger partial charge in [0, 0.05) is 0 Å². The van der Waals surface area contributed by atoms with Crippen molar-refractivity contribution in [2.75, 3.05) is 0 Å². The van der Waals surface area contributed by atoms with Crippen molar-refractivity contribution in [1.82, 2.24) is 0 Å². The zero-order valence-corrected chi connectivity index (χ0v) is 9.42. The third kappa shape index (κ3) is 3.17. The third-order valence-corrected chi connectivity index (χ3v) is 3.60. The van der Waals surface area contributed by atoms with Crippen LogP contribution in [0, 0.1) is 17.8 Å². The maximum atomic E-state index is 2.41. The van der Waals surface area contributed by atoms with Crippen molar-refractivity contribution in [2.24, 2.45) is 17.8 Å². The molecule has 0 heteroatoms. The van der Waals surface area contributed by atoms with E-state index in [-0.39, 0.29) is 0 Å². The summed E-state index contributed by atoms with van der Waals surface area (Å²) in [5, 5.41) is 0. The molecule has 0 saturated heterocycles. The average molecular weight is 180 g/mol. The van der Waals surface area contributed by atoms with E-state index in [1.165, 1.54) is 32.1 Å². The number of hydrogen-bond acceptors (Lipinski definition) is 0. The van der Waals surface area contributed by atoms with Gasteiger partial charge in [0.15, 0.2) is 0 Å². The summed E-state index contributed by atoms with van der Waals surface area (Å²) in [6.45, 7) is 6.89. The molecule has 0 aromatic rings.